The number of ether oxygens (including phenoxy) is 3. The molecule has 2 amide bonds. The van der Waals surface area contributed by atoms with Gasteiger partial charge in [-0.05, 0) is 68.3 Å². The minimum atomic E-state index is -0.987. The molecule has 29 heavy (non-hydrogen) atoms. The number of hydrogen-bond acceptors (Lipinski definition) is 5. The Bertz CT molecular complexity index is 829. The van der Waals surface area contributed by atoms with Gasteiger partial charge in [0.15, 0.2) is 0 Å². The summed E-state index contributed by atoms with van der Waals surface area (Å²) < 4.78 is 16.1. The van der Waals surface area contributed by atoms with E-state index in [0.29, 0.717) is 44.0 Å². The molecule has 0 bridgehead atoms. The lowest BCUT2D eigenvalue weighted by molar-refractivity contribution is -0.134. The first-order valence-electron chi connectivity index (χ1n) is 9.67. The highest BCUT2D eigenvalue weighted by molar-refractivity contribution is 6.13. The molecule has 0 atom stereocenters. The molecule has 1 fully saturated rings. The Morgan fingerprint density at radius 3 is 2.07 bits per heavy atom. The van der Waals surface area contributed by atoms with E-state index < -0.39 is 5.41 Å². The topological polar surface area (TPSA) is 85.9 Å². The molecule has 2 N–H and O–H groups in total. The zero-order valence-electron chi connectivity index (χ0n) is 16.7. The molecule has 1 saturated carbocycles. The maximum Gasteiger partial charge on any atom is 0.240 e. The summed E-state index contributed by atoms with van der Waals surface area (Å²) >= 11 is 0. The van der Waals surface area contributed by atoms with Crippen molar-refractivity contribution >= 4 is 17.5 Å². The van der Waals surface area contributed by atoms with Gasteiger partial charge in [0, 0.05) is 5.69 Å². The van der Waals surface area contributed by atoms with Crippen LogP contribution in [0.3, 0.4) is 0 Å². The van der Waals surface area contributed by atoms with E-state index in [0.717, 1.165) is 11.5 Å². The molecule has 1 aliphatic rings. The van der Waals surface area contributed by atoms with Gasteiger partial charge in [-0.15, -0.1) is 0 Å². The van der Waals surface area contributed by atoms with Gasteiger partial charge in [0.2, 0.25) is 11.8 Å². The van der Waals surface area contributed by atoms with Crippen LogP contribution in [-0.2, 0) is 9.59 Å². The van der Waals surface area contributed by atoms with Gasteiger partial charge in [-0.25, -0.2) is 0 Å². The number of carbonyl (C=O) groups is 2. The van der Waals surface area contributed by atoms with Gasteiger partial charge < -0.3 is 24.8 Å². The van der Waals surface area contributed by atoms with Crippen LogP contribution in [0.4, 0.5) is 5.69 Å². The summed E-state index contributed by atoms with van der Waals surface area (Å²) in [5, 5.41) is 5.62. The zero-order chi connectivity index (χ0) is 20.7. The highest BCUT2D eigenvalue weighted by Crippen LogP contribution is 2.46. The van der Waals surface area contributed by atoms with Crippen molar-refractivity contribution in [1.82, 2.24) is 5.32 Å². The number of methoxy groups -OCH3 is 1. The van der Waals surface area contributed by atoms with Crippen LogP contribution < -0.4 is 24.8 Å². The molecule has 1 aliphatic carbocycles. The Hall–Kier alpha value is -3.22. The molecule has 0 heterocycles. The molecule has 7 heteroatoms. The fraction of sp³-hybridized carbons (Fsp3) is 0.364. The predicted octanol–water partition coefficient (Wildman–Crippen LogP) is 3.01. The molecular weight excluding hydrogens is 372 g/mol. The van der Waals surface area contributed by atoms with Crippen LogP contribution in [0.1, 0.15) is 19.8 Å². The number of rotatable bonds is 10. The number of benzene rings is 2. The fourth-order valence-electron chi connectivity index (χ4n) is 2.91. The Kier molecular flexibility index (Phi) is 6.59. The van der Waals surface area contributed by atoms with Crippen molar-refractivity contribution in [3.63, 3.8) is 0 Å². The van der Waals surface area contributed by atoms with Gasteiger partial charge in [0.25, 0.3) is 0 Å². The highest BCUT2D eigenvalue weighted by Gasteiger charge is 2.56. The Labute approximate surface area is 170 Å². The van der Waals surface area contributed by atoms with Crippen LogP contribution in [-0.4, -0.2) is 38.7 Å². The van der Waals surface area contributed by atoms with E-state index in [2.05, 4.69) is 10.6 Å². The second-order valence-corrected chi connectivity index (χ2v) is 6.77. The van der Waals surface area contributed by atoms with Crippen molar-refractivity contribution in [2.75, 3.05) is 32.2 Å². The average molecular weight is 398 g/mol. The van der Waals surface area contributed by atoms with Crippen molar-refractivity contribution in [2.24, 2.45) is 5.41 Å². The second-order valence-electron chi connectivity index (χ2n) is 6.77. The van der Waals surface area contributed by atoms with E-state index in [1.165, 1.54) is 0 Å². The summed E-state index contributed by atoms with van der Waals surface area (Å²) in [4.78, 5) is 25.1. The summed E-state index contributed by atoms with van der Waals surface area (Å²) in [5.74, 6) is 1.63. The Balaban J connectivity index is 1.44. The molecule has 2 aromatic rings. The summed E-state index contributed by atoms with van der Waals surface area (Å²) in [7, 11) is 1.60. The van der Waals surface area contributed by atoms with Gasteiger partial charge in [-0.2, -0.15) is 0 Å². The minimum Gasteiger partial charge on any atom is -0.497 e. The minimum absolute atomic E-state index is 0.265. The van der Waals surface area contributed by atoms with Crippen molar-refractivity contribution in [1.29, 1.82) is 0 Å². The third kappa shape index (κ3) is 5.19. The summed E-state index contributed by atoms with van der Waals surface area (Å²) in [6, 6.07) is 14.3. The smallest absolute Gasteiger partial charge is 0.240 e. The molecule has 0 spiro atoms. The molecule has 0 radical (unpaired) electrons. The van der Waals surface area contributed by atoms with Gasteiger partial charge in [0.1, 0.15) is 29.3 Å². The van der Waals surface area contributed by atoms with Gasteiger partial charge in [-0.1, -0.05) is 0 Å². The lowest BCUT2D eigenvalue weighted by Crippen LogP contribution is -2.41. The molecule has 154 valence electrons. The first-order valence-corrected chi connectivity index (χ1v) is 9.67. The molecule has 3 rings (SSSR count). The van der Waals surface area contributed by atoms with Crippen molar-refractivity contribution in [3.05, 3.63) is 48.5 Å². The third-order valence-electron chi connectivity index (χ3n) is 4.76. The standard InChI is InChI=1S/C22H26N2O5/c1-3-28-18-6-4-16(5-7-18)24-21(26)22(12-13-22)20(25)23-14-15-29-19-10-8-17(27-2)9-11-19/h4-11H,3,12-15H2,1-2H3,(H,23,25)(H,24,26). The molecule has 0 aliphatic heterocycles. The van der Waals surface area contributed by atoms with Crippen LogP contribution in [0.15, 0.2) is 48.5 Å². The van der Waals surface area contributed by atoms with Crippen molar-refractivity contribution in [2.45, 2.75) is 19.8 Å². The molecule has 0 aromatic heterocycles. The van der Waals surface area contributed by atoms with Gasteiger partial charge in [0.05, 0.1) is 20.3 Å². The molecular formula is C22H26N2O5. The van der Waals surface area contributed by atoms with Crippen LogP contribution in [0.5, 0.6) is 17.2 Å². The van der Waals surface area contributed by atoms with E-state index in [1.54, 1.807) is 55.6 Å². The van der Waals surface area contributed by atoms with Crippen molar-refractivity contribution in [3.8, 4) is 17.2 Å². The summed E-state index contributed by atoms with van der Waals surface area (Å²) in [6.45, 7) is 3.13. The largest absolute Gasteiger partial charge is 0.497 e. The predicted molar refractivity (Wildman–Crippen MR) is 109 cm³/mol. The molecule has 0 saturated heterocycles. The SMILES string of the molecule is CCOc1ccc(NC(=O)C2(C(=O)NCCOc3ccc(OC)cc3)CC2)cc1. The third-order valence-corrected chi connectivity index (χ3v) is 4.76. The van der Waals surface area contributed by atoms with E-state index in [-0.39, 0.29) is 11.8 Å². The number of amides is 2. The molecule has 0 unspecified atom stereocenters. The van der Waals surface area contributed by atoms with Gasteiger partial charge in [-0.3, -0.25) is 9.59 Å². The summed E-state index contributed by atoms with van der Waals surface area (Å²) in [5.41, 5.74) is -0.348. The maximum atomic E-state index is 12.6. The average Bonchev–Trinajstić information content (AvgIpc) is 3.55. The van der Waals surface area contributed by atoms with E-state index in [4.69, 9.17) is 14.2 Å². The number of anilines is 1. The monoisotopic (exact) mass is 398 g/mol. The van der Waals surface area contributed by atoms with E-state index in [1.807, 2.05) is 6.92 Å². The fourth-order valence-corrected chi connectivity index (χ4v) is 2.91. The lowest BCUT2D eigenvalue weighted by atomic mass is 10.1. The van der Waals surface area contributed by atoms with Crippen LogP contribution in [0.25, 0.3) is 0 Å². The second kappa shape index (κ2) is 9.32. The lowest BCUT2D eigenvalue weighted by Gasteiger charge is -2.16. The zero-order valence-corrected chi connectivity index (χ0v) is 16.7. The number of nitrogens with one attached hydrogen (secondary N) is 2. The molecule has 7 nitrogen and oxygen atoms in total. The van der Waals surface area contributed by atoms with Crippen LogP contribution in [0.2, 0.25) is 0 Å². The highest BCUT2D eigenvalue weighted by atomic mass is 16.5. The van der Waals surface area contributed by atoms with E-state index in [9.17, 15) is 9.59 Å². The Morgan fingerprint density at radius 1 is 0.897 bits per heavy atom. The number of carbonyl (C=O) groups excluding carboxylic acids is 2. The van der Waals surface area contributed by atoms with Crippen LogP contribution >= 0.6 is 0 Å². The Morgan fingerprint density at radius 2 is 1.48 bits per heavy atom. The maximum absolute atomic E-state index is 12.6. The van der Waals surface area contributed by atoms with Crippen LogP contribution in [0, 0.1) is 5.41 Å². The first-order chi connectivity index (χ1) is 14.1. The van der Waals surface area contributed by atoms with Gasteiger partial charge >= 0.3 is 0 Å². The van der Waals surface area contributed by atoms with E-state index >= 15 is 0 Å². The quantitative estimate of drug-likeness (QED) is 0.475. The first kappa shape index (κ1) is 20.5. The summed E-state index contributed by atoms with van der Waals surface area (Å²) in [6.07, 6.45) is 1.09. The molecule has 2 aromatic carbocycles. The van der Waals surface area contributed by atoms with Crippen molar-refractivity contribution < 1.29 is 23.8 Å². The number of hydrogen-bond donors (Lipinski definition) is 2. The normalized spacial score (nSPS) is 13.9.